The van der Waals surface area contributed by atoms with Gasteiger partial charge in [0.2, 0.25) is 5.91 Å². The maximum Gasteiger partial charge on any atom is 0.239 e. The van der Waals surface area contributed by atoms with Crippen LogP contribution in [0.5, 0.6) is 5.75 Å². The molecule has 3 N–H and O–H groups in total. The van der Waals surface area contributed by atoms with E-state index in [2.05, 4.69) is 27.0 Å². The summed E-state index contributed by atoms with van der Waals surface area (Å²) in [7, 11) is 1.68. The molecule has 1 aromatic rings. The van der Waals surface area contributed by atoms with Gasteiger partial charge in [-0.2, -0.15) is 0 Å². The number of nitrogens with one attached hydrogen (secondary N) is 3. The monoisotopic (exact) mass is 504 g/mol. The number of amides is 1. The number of guanidine groups is 1. The summed E-state index contributed by atoms with van der Waals surface area (Å²) in [5.41, 5.74) is 1.93. The van der Waals surface area contributed by atoms with Crippen LogP contribution in [0.3, 0.4) is 0 Å². The lowest BCUT2D eigenvalue weighted by molar-refractivity contribution is -0.121. The van der Waals surface area contributed by atoms with Crippen molar-refractivity contribution in [1.82, 2.24) is 16.0 Å². The number of hydrogen-bond donors (Lipinski definition) is 3. The lowest BCUT2D eigenvalue weighted by Crippen LogP contribution is -2.48. The van der Waals surface area contributed by atoms with Crippen molar-refractivity contribution in [2.45, 2.75) is 52.3 Å². The zero-order valence-corrected chi connectivity index (χ0v) is 19.8. The summed E-state index contributed by atoms with van der Waals surface area (Å²) in [6.07, 6.45) is 1.01. The zero-order valence-electron chi connectivity index (χ0n) is 17.4. The molecule has 158 valence electrons. The first kappa shape index (κ1) is 24.5. The molecule has 0 spiro atoms. The third-order valence-corrected chi connectivity index (χ3v) is 4.00. The molecule has 1 fully saturated rings. The van der Waals surface area contributed by atoms with Crippen LogP contribution in [0.25, 0.3) is 0 Å². The van der Waals surface area contributed by atoms with Crippen molar-refractivity contribution in [2.24, 2.45) is 4.99 Å². The van der Waals surface area contributed by atoms with E-state index in [1.165, 1.54) is 0 Å². The van der Waals surface area contributed by atoms with E-state index in [0.29, 0.717) is 19.1 Å². The van der Waals surface area contributed by atoms with Crippen LogP contribution in [0.15, 0.2) is 23.2 Å². The molecule has 0 radical (unpaired) electrons. The predicted octanol–water partition coefficient (Wildman–Crippen LogP) is 2.36. The molecule has 1 heterocycles. The Morgan fingerprint density at radius 3 is 2.68 bits per heavy atom. The normalized spacial score (nSPS) is 16.9. The fourth-order valence-corrected chi connectivity index (χ4v) is 2.73. The molecular formula is C20H33IN4O3. The second kappa shape index (κ2) is 11.5. The van der Waals surface area contributed by atoms with Gasteiger partial charge in [-0.05, 0) is 39.3 Å². The van der Waals surface area contributed by atoms with E-state index in [1.807, 2.05) is 39.8 Å². The second-order valence-corrected chi connectivity index (χ2v) is 7.79. The molecule has 1 amide bonds. The minimum Gasteiger partial charge on any atom is -0.488 e. The van der Waals surface area contributed by atoms with Crippen LogP contribution in [0.1, 0.15) is 38.3 Å². The Morgan fingerprint density at radius 2 is 2.07 bits per heavy atom. The van der Waals surface area contributed by atoms with Gasteiger partial charge in [0.1, 0.15) is 11.9 Å². The number of benzene rings is 1. The minimum atomic E-state index is -0.256. The first-order valence-corrected chi connectivity index (χ1v) is 9.36. The molecule has 1 saturated heterocycles. The number of carbonyl (C=O) groups is 1. The lowest BCUT2D eigenvalue weighted by atomic mass is 10.1. The summed E-state index contributed by atoms with van der Waals surface area (Å²) in [5, 5.41) is 9.18. The van der Waals surface area contributed by atoms with E-state index in [1.54, 1.807) is 7.05 Å². The Labute approximate surface area is 185 Å². The van der Waals surface area contributed by atoms with Gasteiger partial charge in [0.05, 0.1) is 19.8 Å². The molecular weight excluding hydrogens is 471 g/mol. The summed E-state index contributed by atoms with van der Waals surface area (Å²) >= 11 is 0. The summed E-state index contributed by atoms with van der Waals surface area (Å²) in [4.78, 5) is 16.1. The molecule has 0 bridgehead atoms. The van der Waals surface area contributed by atoms with E-state index < -0.39 is 0 Å². The molecule has 8 heteroatoms. The predicted molar refractivity (Wildman–Crippen MR) is 123 cm³/mol. The highest BCUT2D eigenvalue weighted by Gasteiger charge is 2.19. The third kappa shape index (κ3) is 8.64. The Hall–Kier alpha value is -1.55. The zero-order chi connectivity index (χ0) is 19.9. The van der Waals surface area contributed by atoms with Crippen molar-refractivity contribution in [1.29, 1.82) is 0 Å². The summed E-state index contributed by atoms with van der Waals surface area (Å²) in [6, 6.07) is 6.15. The molecule has 28 heavy (non-hydrogen) atoms. The van der Waals surface area contributed by atoms with E-state index >= 15 is 0 Å². The van der Waals surface area contributed by atoms with Crippen molar-refractivity contribution in [3.8, 4) is 5.75 Å². The van der Waals surface area contributed by atoms with Gasteiger partial charge in [-0.25, -0.2) is 0 Å². The van der Waals surface area contributed by atoms with Gasteiger partial charge in [0.25, 0.3) is 0 Å². The average Bonchev–Trinajstić information content (AvgIpc) is 3.08. The highest BCUT2D eigenvalue weighted by Crippen LogP contribution is 2.23. The number of rotatable bonds is 6. The SMILES string of the molecule is CN=C(NCC(=O)NC(C)(C)C)NCc1ccc(C)cc1OC1CCOC1.I. The van der Waals surface area contributed by atoms with Gasteiger partial charge in [0, 0.05) is 31.1 Å². The van der Waals surface area contributed by atoms with Gasteiger partial charge in [-0.15, -0.1) is 24.0 Å². The molecule has 1 unspecified atom stereocenters. The van der Waals surface area contributed by atoms with Crippen LogP contribution < -0.4 is 20.7 Å². The molecule has 0 aromatic heterocycles. The first-order chi connectivity index (χ1) is 12.8. The van der Waals surface area contributed by atoms with E-state index in [9.17, 15) is 4.79 Å². The topological polar surface area (TPSA) is 84.0 Å². The van der Waals surface area contributed by atoms with Crippen molar-refractivity contribution in [2.75, 3.05) is 26.8 Å². The van der Waals surface area contributed by atoms with Gasteiger partial charge in [-0.1, -0.05) is 12.1 Å². The molecule has 0 aliphatic carbocycles. The Morgan fingerprint density at radius 1 is 1.32 bits per heavy atom. The first-order valence-electron chi connectivity index (χ1n) is 9.36. The van der Waals surface area contributed by atoms with Crippen LogP contribution in [-0.4, -0.2) is 50.3 Å². The highest BCUT2D eigenvalue weighted by molar-refractivity contribution is 14.0. The number of aryl methyl sites for hydroxylation is 1. The molecule has 1 aliphatic heterocycles. The molecule has 1 atom stereocenters. The maximum atomic E-state index is 11.9. The largest absolute Gasteiger partial charge is 0.488 e. The minimum absolute atomic E-state index is 0. The molecule has 7 nitrogen and oxygen atoms in total. The van der Waals surface area contributed by atoms with E-state index in [0.717, 1.165) is 29.9 Å². The number of hydrogen-bond acceptors (Lipinski definition) is 4. The number of halogens is 1. The van der Waals surface area contributed by atoms with Crippen molar-refractivity contribution in [3.05, 3.63) is 29.3 Å². The van der Waals surface area contributed by atoms with Crippen LogP contribution >= 0.6 is 24.0 Å². The van der Waals surface area contributed by atoms with Crippen molar-refractivity contribution in [3.63, 3.8) is 0 Å². The van der Waals surface area contributed by atoms with Crippen LogP contribution in [0.2, 0.25) is 0 Å². The summed E-state index contributed by atoms with van der Waals surface area (Å²) in [6.45, 7) is 9.98. The fraction of sp³-hybridized carbons (Fsp3) is 0.600. The smallest absolute Gasteiger partial charge is 0.239 e. The quantitative estimate of drug-likeness (QED) is 0.315. The van der Waals surface area contributed by atoms with Gasteiger partial charge in [-0.3, -0.25) is 9.79 Å². The maximum absolute atomic E-state index is 11.9. The number of carbonyl (C=O) groups excluding carboxylic acids is 1. The van der Waals surface area contributed by atoms with E-state index in [-0.39, 0.29) is 48.1 Å². The molecule has 1 aliphatic rings. The van der Waals surface area contributed by atoms with Gasteiger partial charge < -0.3 is 25.4 Å². The number of ether oxygens (including phenoxy) is 2. The molecule has 1 aromatic carbocycles. The van der Waals surface area contributed by atoms with Crippen LogP contribution in [-0.2, 0) is 16.1 Å². The lowest BCUT2D eigenvalue weighted by Gasteiger charge is -2.21. The summed E-state index contributed by atoms with van der Waals surface area (Å²) < 4.78 is 11.5. The highest BCUT2D eigenvalue weighted by atomic mass is 127. The van der Waals surface area contributed by atoms with Gasteiger partial charge in [0.15, 0.2) is 5.96 Å². The standard InChI is InChI=1S/C20H32N4O3.HI/c1-14-6-7-15(17(10-14)27-16-8-9-26-13-16)11-22-19(21-5)23-12-18(25)24-20(2,3)4;/h6-7,10,16H,8-9,11-13H2,1-5H3,(H,24,25)(H2,21,22,23);1H. The Bertz CT molecular complexity index is 668. The number of aliphatic imine (C=N–C) groups is 1. The third-order valence-electron chi connectivity index (χ3n) is 4.00. The summed E-state index contributed by atoms with van der Waals surface area (Å²) in [5.74, 6) is 1.35. The van der Waals surface area contributed by atoms with Crippen LogP contribution in [0.4, 0.5) is 0 Å². The van der Waals surface area contributed by atoms with Gasteiger partial charge >= 0.3 is 0 Å². The molecule has 0 saturated carbocycles. The Balaban J connectivity index is 0.00000392. The van der Waals surface area contributed by atoms with Crippen LogP contribution in [0, 0.1) is 6.92 Å². The van der Waals surface area contributed by atoms with Crippen molar-refractivity contribution < 1.29 is 14.3 Å². The fourth-order valence-electron chi connectivity index (χ4n) is 2.73. The average molecular weight is 504 g/mol. The van der Waals surface area contributed by atoms with Crippen molar-refractivity contribution >= 4 is 35.8 Å². The number of nitrogens with zero attached hydrogens (tertiary/aromatic N) is 1. The Kier molecular flexibility index (Phi) is 10.0. The molecule has 2 rings (SSSR count). The van der Waals surface area contributed by atoms with E-state index in [4.69, 9.17) is 9.47 Å². The second-order valence-electron chi connectivity index (χ2n) is 7.79.